The summed E-state index contributed by atoms with van der Waals surface area (Å²) in [7, 11) is 0. The molecule has 3 nitrogen and oxygen atoms in total. The minimum absolute atomic E-state index is 0.119. The van der Waals surface area contributed by atoms with Crippen LogP contribution < -0.4 is 0 Å². The van der Waals surface area contributed by atoms with E-state index in [2.05, 4.69) is 11.9 Å². The highest BCUT2D eigenvalue weighted by Gasteiger charge is 2.43. The summed E-state index contributed by atoms with van der Waals surface area (Å²) in [5.74, 6) is 0. The van der Waals surface area contributed by atoms with Gasteiger partial charge in [0.05, 0.1) is 12.3 Å². The van der Waals surface area contributed by atoms with Gasteiger partial charge in [-0.2, -0.15) is 0 Å². The molecule has 0 N–H and O–H groups in total. The zero-order chi connectivity index (χ0) is 8.89. The van der Waals surface area contributed by atoms with E-state index < -0.39 is 0 Å². The minimum atomic E-state index is -0.119. The summed E-state index contributed by atoms with van der Waals surface area (Å²) in [6.45, 7) is 2.85. The zero-order valence-electron chi connectivity index (χ0n) is 7.40. The molecule has 66 valence electrons. The van der Waals surface area contributed by atoms with E-state index in [1.807, 2.05) is 35.0 Å². The Bertz CT molecular complexity index is 424. The lowest BCUT2D eigenvalue weighted by Gasteiger charge is -1.95. The summed E-state index contributed by atoms with van der Waals surface area (Å²) in [4.78, 5) is 4.48. The predicted molar refractivity (Wildman–Crippen MR) is 48.5 cm³/mol. The summed E-state index contributed by atoms with van der Waals surface area (Å²) in [6, 6.07) is 5.98. The fraction of sp³-hybridized carbons (Fsp3) is 0.300. The summed E-state index contributed by atoms with van der Waals surface area (Å²) in [6.07, 6.45) is 4.03. The largest absolute Gasteiger partial charge is 0.363 e. The lowest BCUT2D eigenvalue weighted by molar-refractivity contribution is 0.324. The van der Waals surface area contributed by atoms with Crippen LogP contribution in [0.5, 0.6) is 0 Å². The van der Waals surface area contributed by atoms with Crippen molar-refractivity contribution in [2.45, 2.75) is 12.5 Å². The van der Waals surface area contributed by atoms with E-state index in [0.717, 1.165) is 17.9 Å². The molecule has 2 aromatic heterocycles. The third kappa shape index (κ3) is 0.971. The Hall–Kier alpha value is -1.35. The topological polar surface area (TPSA) is 29.8 Å². The van der Waals surface area contributed by atoms with Gasteiger partial charge in [-0.3, -0.25) is 0 Å². The van der Waals surface area contributed by atoms with Crippen molar-refractivity contribution < 1.29 is 4.74 Å². The molecule has 1 atom stereocenters. The number of epoxide rings is 1. The number of pyridine rings is 1. The Kier molecular flexibility index (Phi) is 1.15. The maximum Gasteiger partial charge on any atom is 0.137 e. The van der Waals surface area contributed by atoms with Gasteiger partial charge in [-0.05, 0) is 19.1 Å². The van der Waals surface area contributed by atoms with Gasteiger partial charge in [0.2, 0.25) is 0 Å². The van der Waals surface area contributed by atoms with Gasteiger partial charge in [-0.25, -0.2) is 4.98 Å². The molecule has 0 radical (unpaired) electrons. The molecule has 0 aromatic carbocycles. The molecule has 0 spiro atoms. The van der Waals surface area contributed by atoms with E-state index >= 15 is 0 Å². The lowest BCUT2D eigenvalue weighted by Crippen LogP contribution is -2.01. The molecule has 3 heterocycles. The molecule has 13 heavy (non-hydrogen) atoms. The van der Waals surface area contributed by atoms with Gasteiger partial charge < -0.3 is 9.14 Å². The number of hydrogen-bond acceptors (Lipinski definition) is 2. The van der Waals surface area contributed by atoms with Crippen molar-refractivity contribution in [3.8, 4) is 0 Å². The first-order valence-corrected chi connectivity index (χ1v) is 4.36. The van der Waals surface area contributed by atoms with Gasteiger partial charge in [0.25, 0.3) is 0 Å². The van der Waals surface area contributed by atoms with Crippen molar-refractivity contribution in [2.75, 3.05) is 6.61 Å². The quantitative estimate of drug-likeness (QED) is 0.614. The van der Waals surface area contributed by atoms with E-state index in [1.165, 1.54) is 0 Å². The van der Waals surface area contributed by atoms with Gasteiger partial charge >= 0.3 is 0 Å². The number of rotatable bonds is 1. The van der Waals surface area contributed by atoms with Crippen LogP contribution in [0.25, 0.3) is 5.65 Å². The molecule has 1 unspecified atom stereocenters. The van der Waals surface area contributed by atoms with E-state index in [0.29, 0.717) is 0 Å². The fourth-order valence-corrected chi connectivity index (χ4v) is 1.45. The second kappa shape index (κ2) is 2.12. The van der Waals surface area contributed by atoms with Crippen molar-refractivity contribution in [1.29, 1.82) is 0 Å². The van der Waals surface area contributed by atoms with E-state index in [9.17, 15) is 0 Å². The molecule has 0 amide bonds. The Morgan fingerprint density at radius 3 is 3.08 bits per heavy atom. The SMILES string of the molecule is CC1(c2cn3ccccc3n2)CO1. The van der Waals surface area contributed by atoms with E-state index in [1.54, 1.807) is 0 Å². The molecule has 1 aliphatic rings. The number of aromatic nitrogens is 2. The second-order valence-corrected chi connectivity index (χ2v) is 3.61. The number of fused-ring (bicyclic) bond motifs is 1. The second-order valence-electron chi connectivity index (χ2n) is 3.61. The first kappa shape index (κ1) is 7.09. The van der Waals surface area contributed by atoms with Crippen LogP contribution in [-0.2, 0) is 10.3 Å². The van der Waals surface area contributed by atoms with E-state index in [4.69, 9.17) is 4.74 Å². The van der Waals surface area contributed by atoms with Crippen LogP contribution in [0.2, 0.25) is 0 Å². The number of hydrogen-bond donors (Lipinski definition) is 0. The molecule has 1 aliphatic heterocycles. The number of nitrogens with zero attached hydrogens (tertiary/aromatic N) is 2. The number of ether oxygens (including phenoxy) is 1. The summed E-state index contributed by atoms with van der Waals surface area (Å²) in [5.41, 5.74) is 1.89. The highest BCUT2D eigenvalue weighted by Crippen LogP contribution is 2.36. The van der Waals surface area contributed by atoms with Crippen LogP contribution in [-0.4, -0.2) is 16.0 Å². The van der Waals surface area contributed by atoms with Gasteiger partial charge in [-0.1, -0.05) is 6.07 Å². The lowest BCUT2D eigenvalue weighted by atomic mass is 10.1. The predicted octanol–water partition coefficient (Wildman–Crippen LogP) is 1.58. The Morgan fingerprint density at radius 1 is 1.54 bits per heavy atom. The van der Waals surface area contributed by atoms with Crippen molar-refractivity contribution in [3.05, 3.63) is 36.3 Å². The minimum Gasteiger partial charge on any atom is -0.363 e. The van der Waals surface area contributed by atoms with Crippen LogP contribution in [0.3, 0.4) is 0 Å². The van der Waals surface area contributed by atoms with Crippen molar-refractivity contribution in [2.24, 2.45) is 0 Å². The average molecular weight is 174 g/mol. The third-order valence-electron chi connectivity index (χ3n) is 2.48. The molecule has 3 rings (SSSR count). The van der Waals surface area contributed by atoms with Crippen molar-refractivity contribution >= 4 is 5.65 Å². The molecular formula is C10H10N2O. The Labute approximate surface area is 76.0 Å². The van der Waals surface area contributed by atoms with Gasteiger partial charge in [-0.15, -0.1) is 0 Å². The monoisotopic (exact) mass is 174 g/mol. The van der Waals surface area contributed by atoms with Crippen molar-refractivity contribution in [1.82, 2.24) is 9.38 Å². The number of imidazole rings is 1. The average Bonchev–Trinajstić information content (AvgIpc) is 2.76. The maximum atomic E-state index is 5.34. The first-order chi connectivity index (χ1) is 6.28. The molecular weight excluding hydrogens is 164 g/mol. The van der Waals surface area contributed by atoms with Gasteiger partial charge in [0.15, 0.2) is 0 Å². The van der Waals surface area contributed by atoms with Crippen LogP contribution in [0.4, 0.5) is 0 Å². The Morgan fingerprint density at radius 2 is 2.38 bits per heavy atom. The molecule has 0 aliphatic carbocycles. The zero-order valence-corrected chi connectivity index (χ0v) is 7.40. The highest BCUT2D eigenvalue weighted by molar-refractivity contribution is 5.41. The molecule has 0 bridgehead atoms. The van der Waals surface area contributed by atoms with Gasteiger partial charge in [0, 0.05) is 12.4 Å². The highest BCUT2D eigenvalue weighted by atomic mass is 16.6. The molecule has 3 heteroatoms. The summed E-state index contributed by atoms with van der Waals surface area (Å²) in [5, 5.41) is 0. The summed E-state index contributed by atoms with van der Waals surface area (Å²) < 4.78 is 7.35. The van der Waals surface area contributed by atoms with Crippen LogP contribution in [0.1, 0.15) is 12.6 Å². The fourth-order valence-electron chi connectivity index (χ4n) is 1.45. The van der Waals surface area contributed by atoms with E-state index in [-0.39, 0.29) is 5.60 Å². The first-order valence-electron chi connectivity index (χ1n) is 4.36. The standard InChI is InChI=1S/C10H10N2O/c1-10(7-13-10)8-6-12-5-3-2-4-9(12)11-8/h2-6H,7H2,1H3. The molecule has 2 aromatic rings. The third-order valence-corrected chi connectivity index (χ3v) is 2.48. The van der Waals surface area contributed by atoms with Crippen LogP contribution in [0.15, 0.2) is 30.6 Å². The van der Waals surface area contributed by atoms with Crippen LogP contribution >= 0.6 is 0 Å². The smallest absolute Gasteiger partial charge is 0.137 e. The maximum absolute atomic E-state index is 5.34. The molecule has 1 fully saturated rings. The van der Waals surface area contributed by atoms with Gasteiger partial charge in [0.1, 0.15) is 11.2 Å². The normalized spacial score (nSPS) is 26.5. The molecule has 0 saturated carbocycles. The molecule has 1 saturated heterocycles. The summed E-state index contributed by atoms with van der Waals surface area (Å²) >= 11 is 0. The Balaban J connectivity index is 2.22. The van der Waals surface area contributed by atoms with Crippen LogP contribution in [0, 0.1) is 0 Å². The van der Waals surface area contributed by atoms with Crippen molar-refractivity contribution in [3.63, 3.8) is 0 Å².